The van der Waals surface area contributed by atoms with Crippen LogP contribution in [0, 0.1) is 11.6 Å². The van der Waals surface area contributed by atoms with E-state index in [-0.39, 0.29) is 12.4 Å². The van der Waals surface area contributed by atoms with Crippen LogP contribution in [0.25, 0.3) is 0 Å². The summed E-state index contributed by atoms with van der Waals surface area (Å²) in [6.07, 6.45) is 0. The van der Waals surface area contributed by atoms with E-state index in [4.69, 9.17) is 14.0 Å². The summed E-state index contributed by atoms with van der Waals surface area (Å²) < 4.78 is 44.0. The minimum absolute atomic E-state index is 0.151. The molecule has 1 fully saturated rings. The highest BCUT2D eigenvalue weighted by Gasteiger charge is 2.51. The maximum atomic E-state index is 13.2. The molecule has 0 amide bonds. The van der Waals surface area contributed by atoms with Crippen LogP contribution in [0.1, 0.15) is 33.3 Å². The molecule has 6 heteroatoms. The molecule has 132 valence electrons. The predicted octanol–water partition coefficient (Wildman–Crippen LogP) is 3.84. The Morgan fingerprint density at radius 1 is 0.920 bits per heavy atom. The second-order valence-electron chi connectivity index (χ2n) is 7.23. The SMILES string of the molecule is CC1(C)OB(c2cccc(COc3cc(F)cc(F)c3)c2)OC1(C)C. The van der Waals surface area contributed by atoms with Crippen LogP contribution in [0.2, 0.25) is 0 Å². The third kappa shape index (κ3) is 3.85. The fourth-order valence-electron chi connectivity index (χ4n) is 2.59. The van der Waals surface area contributed by atoms with Gasteiger partial charge in [-0.15, -0.1) is 0 Å². The van der Waals surface area contributed by atoms with Crippen molar-refractivity contribution in [3.8, 4) is 5.75 Å². The molecule has 1 aliphatic rings. The highest BCUT2D eigenvalue weighted by atomic mass is 19.1. The lowest BCUT2D eigenvalue weighted by Crippen LogP contribution is -2.41. The van der Waals surface area contributed by atoms with Gasteiger partial charge in [0.25, 0.3) is 0 Å². The van der Waals surface area contributed by atoms with E-state index < -0.39 is 30.0 Å². The lowest BCUT2D eigenvalue weighted by molar-refractivity contribution is 0.00578. The number of benzene rings is 2. The van der Waals surface area contributed by atoms with E-state index in [1.807, 2.05) is 52.0 Å². The van der Waals surface area contributed by atoms with Crippen LogP contribution in [0.15, 0.2) is 42.5 Å². The zero-order chi connectivity index (χ0) is 18.2. The second kappa shape index (κ2) is 6.43. The highest BCUT2D eigenvalue weighted by molar-refractivity contribution is 6.62. The molecule has 3 nitrogen and oxygen atoms in total. The van der Waals surface area contributed by atoms with Gasteiger partial charge in [0.05, 0.1) is 11.2 Å². The van der Waals surface area contributed by atoms with E-state index in [1.54, 1.807) is 0 Å². The van der Waals surface area contributed by atoms with E-state index in [0.29, 0.717) is 0 Å². The molecule has 1 saturated heterocycles. The lowest BCUT2D eigenvalue weighted by Gasteiger charge is -2.32. The summed E-state index contributed by atoms with van der Waals surface area (Å²) in [6.45, 7) is 8.18. The molecule has 1 heterocycles. The molecule has 2 aromatic rings. The average Bonchev–Trinajstić information content (AvgIpc) is 2.73. The van der Waals surface area contributed by atoms with Crippen LogP contribution < -0.4 is 10.2 Å². The molecule has 0 N–H and O–H groups in total. The second-order valence-corrected chi connectivity index (χ2v) is 7.23. The van der Waals surface area contributed by atoms with Crippen LogP contribution in [-0.2, 0) is 15.9 Å². The normalized spacial score (nSPS) is 18.4. The fraction of sp³-hybridized carbons (Fsp3) is 0.368. The largest absolute Gasteiger partial charge is 0.494 e. The molecular formula is C19H21BF2O3. The zero-order valence-corrected chi connectivity index (χ0v) is 14.8. The maximum absolute atomic E-state index is 13.2. The Morgan fingerprint density at radius 3 is 2.12 bits per heavy atom. The van der Waals surface area contributed by atoms with E-state index in [2.05, 4.69) is 0 Å². The van der Waals surface area contributed by atoms with E-state index in [1.165, 1.54) is 0 Å². The summed E-state index contributed by atoms with van der Waals surface area (Å²) in [4.78, 5) is 0. The first kappa shape index (κ1) is 17.9. The Bertz CT molecular complexity index is 741. The number of hydrogen-bond acceptors (Lipinski definition) is 3. The first-order valence-electron chi connectivity index (χ1n) is 8.20. The smallest absolute Gasteiger partial charge is 0.489 e. The monoisotopic (exact) mass is 346 g/mol. The molecule has 3 rings (SSSR count). The Kier molecular flexibility index (Phi) is 4.60. The summed E-state index contributed by atoms with van der Waals surface area (Å²) in [5.74, 6) is -1.18. The number of rotatable bonds is 4. The van der Waals surface area contributed by atoms with Crippen molar-refractivity contribution >= 4 is 12.6 Å². The quantitative estimate of drug-likeness (QED) is 0.788. The van der Waals surface area contributed by atoms with Gasteiger partial charge in [0, 0.05) is 18.2 Å². The summed E-state index contributed by atoms with van der Waals surface area (Å²) in [6, 6.07) is 10.7. The van der Waals surface area contributed by atoms with Gasteiger partial charge in [-0.1, -0.05) is 24.3 Å². The first-order chi connectivity index (χ1) is 11.7. The van der Waals surface area contributed by atoms with Crippen molar-refractivity contribution in [2.75, 3.05) is 0 Å². The van der Waals surface area contributed by atoms with Crippen LogP contribution in [-0.4, -0.2) is 18.3 Å². The third-order valence-electron chi connectivity index (χ3n) is 4.72. The maximum Gasteiger partial charge on any atom is 0.494 e. The van der Waals surface area contributed by atoms with Crippen LogP contribution in [0.3, 0.4) is 0 Å². The van der Waals surface area contributed by atoms with E-state index in [9.17, 15) is 8.78 Å². The van der Waals surface area contributed by atoms with Crippen LogP contribution in [0.4, 0.5) is 8.78 Å². The number of halogens is 2. The molecule has 25 heavy (non-hydrogen) atoms. The molecule has 0 aliphatic carbocycles. The van der Waals surface area contributed by atoms with Crippen molar-refractivity contribution in [2.24, 2.45) is 0 Å². The molecule has 1 aliphatic heterocycles. The van der Waals surface area contributed by atoms with Crippen molar-refractivity contribution in [1.29, 1.82) is 0 Å². The molecule has 2 aromatic carbocycles. The minimum atomic E-state index is -0.666. The molecule has 0 saturated carbocycles. The Morgan fingerprint density at radius 2 is 1.52 bits per heavy atom. The molecular weight excluding hydrogens is 325 g/mol. The fourth-order valence-corrected chi connectivity index (χ4v) is 2.59. The standard InChI is InChI=1S/C19H21BF2O3/c1-18(2)19(3,4)25-20(24-18)14-7-5-6-13(8-14)12-23-17-10-15(21)9-16(22)11-17/h5-11H,12H2,1-4H3. The summed E-state index contributed by atoms with van der Waals surface area (Å²) >= 11 is 0. The third-order valence-corrected chi connectivity index (χ3v) is 4.72. The minimum Gasteiger partial charge on any atom is -0.489 e. The van der Waals surface area contributed by atoms with Crippen molar-refractivity contribution < 1.29 is 22.8 Å². The van der Waals surface area contributed by atoms with Crippen LogP contribution >= 0.6 is 0 Å². The van der Waals surface area contributed by atoms with E-state index in [0.717, 1.165) is 29.2 Å². The molecule has 0 bridgehead atoms. The first-order valence-corrected chi connectivity index (χ1v) is 8.20. The molecule has 0 atom stereocenters. The van der Waals surface area contributed by atoms with Gasteiger partial charge < -0.3 is 14.0 Å². The highest BCUT2D eigenvalue weighted by Crippen LogP contribution is 2.36. The van der Waals surface area contributed by atoms with Gasteiger partial charge in [0.15, 0.2) is 0 Å². The lowest BCUT2D eigenvalue weighted by atomic mass is 9.78. The summed E-state index contributed by atoms with van der Waals surface area (Å²) in [7, 11) is -0.462. The van der Waals surface area contributed by atoms with Gasteiger partial charge in [-0.2, -0.15) is 0 Å². The molecule has 0 aromatic heterocycles. The predicted molar refractivity (Wildman–Crippen MR) is 92.8 cm³/mol. The molecule has 0 spiro atoms. The Labute approximate surface area is 147 Å². The van der Waals surface area contributed by atoms with Crippen molar-refractivity contribution in [3.63, 3.8) is 0 Å². The molecule has 0 radical (unpaired) electrons. The topological polar surface area (TPSA) is 27.7 Å². The Hall–Kier alpha value is -1.92. The van der Waals surface area contributed by atoms with E-state index >= 15 is 0 Å². The van der Waals surface area contributed by atoms with Gasteiger partial charge in [-0.05, 0) is 38.7 Å². The van der Waals surface area contributed by atoms with Gasteiger partial charge in [-0.3, -0.25) is 0 Å². The summed E-state index contributed by atoms with van der Waals surface area (Å²) in [5, 5.41) is 0. The van der Waals surface area contributed by atoms with Crippen molar-refractivity contribution in [1.82, 2.24) is 0 Å². The number of ether oxygens (including phenoxy) is 1. The van der Waals surface area contributed by atoms with Gasteiger partial charge in [-0.25, -0.2) is 8.78 Å². The van der Waals surface area contributed by atoms with Gasteiger partial charge >= 0.3 is 7.12 Å². The average molecular weight is 346 g/mol. The van der Waals surface area contributed by atoms with Gasteiger partial charge in [0.1, 0.15) is 24.0 Å². The summed E-state index contributed by atoms with van der Waals surface area (Å²) in [5.41, 5.74) is 0.911. The van der Waals surface area contributed by atoms with Crippen LogP contribution in [0.5, 0.6) is 5.75 Å². The van der Waals surface area contributed by atoms with Gasteiger partial charge in [0.2, 0.25) is 0 Å². The number of hydrogen-bond donors (Lipinski definition) is 0. The molecule has 0 unspecified atom stereocenters. The Balaban J connectivity index is 1.72. The van der Waals surface area contributed by atoms with Crippen molar-refractivity contribution in [2.45, 2.75) is 45.5 Å². The zero-order valence-electron chi connectivity index (χ0n) is 14.8. The van der Waals surface area contributed by atoms with Crippen molar-refractivity contribution in [3.05, 3.63) is 59.7 Å².